The van der Waals surface area contributed by atoms with E-state index in [0.29, 0.717) is 0 Å². The molecule has 6 aromatic carbocycles. The third-order valence-corrected chi connectivity index (χ3v) is 8.60. The highest BCUT2D eigenvalue weighted by Crippen LogP contribution is 2.44. The van der Waals surface area contributed by atoms with Crippen LogP contribution in [0.1, 0.15) is 25.0 Å². The first-order chi connectivity index (χ1) is 24.1. The number of carbonyl (C=O) groups excluding carboxylic acids is 2. The van der Waals surface area contributed by atoms with Gasteiger partial charge in [0.1, 0.15) is 25.4 Å². The monoisotopic (exact) mass is 672 g/mol. The third-order valence-electron chi connectivity index (χ3n) is 8.60. The summed E-state index contributed by atoms with van der Waals surface area (Å²) in [5.74, 6) is -1.09. The molecule has 6 rings (SSSR count). The van der Waals surface area contributed by atoms with Crippen molar-refractivity contribution in [1.29, 1.82) is 0 Å². The van der Waals surface area contributed by atoms with E-state index < -0.39 is 24.1 Å². The SMILES string of the molecule is C=C(C)C(=O)OCC(O)COCc1ccc2c3ccccc3c3c4cc(COCC(O)COC(=O)C(=C)C)ccc4c4ccccc4c3c2c1. The molecule has 0 radical (unpaired) electrons. The Labute approximate surface area is 290 Å². The fraction of sp³-hybridized carbons (Fsp3) is 0.238. The van der Waals surface area contributed by atoms with Crippen LogP contribution in [-0.2, 0) is 41.8 Å². The molecule has 0 fully saturated rings. The maximum Gasteiger partial charge on any atom is 0.333 e. The van der Waals surface area contributed by atoms with Gasteiger partial charge in [0, 0.05) is 11.1 Å². The molecule has 0 heterocycles. The van der Waals surface area contributed by atoms with Crippen molar-refractivity contribution in [2.45, 2.75) is 39.3 Å². The number of rotatable bonds is 14. The van der Waals surface area contributed by atoms with Crippen LogP contribution >= 0.6 is 0 Å². The summed E-state index contributed by atoms with van der Waals surface area (Å²) in [5, 5.41) is 31.8. The highest BCUT2D eigenvalue weighted by Gasteiger charge is 2.17. The molecule has 0 amide bonds. The van der Waals surface area contributed by atoms with Crippen molar-refractivity contribution >= 4 is 65.8 Å². The first-order valence-electron chi connectivity index (χ1n) is 16.5. The molecule has 0 aliphatic heterocycles. The number of esters is 2. The first-order valence-corrected chi connectivity index (χ1v) is 16.5. The van der Waals surface area contributed by atoms with Crippen LogP contribution in [0.2, 0.25) is 0 Å². The van der Waals surface area contributed by atoms with E-state index in [9.17, 15) is 19.8 Å². The van der Waals surface area contributed by atoms with Crippen LogP contribution < -0.4 is 0 Å². The minimum atomic E-state index is -0.959. The Morgan fingerprint density at radius 3 is 1.28 bits per heavy atom. The van der Waals surface area contributed by atoms with Crippen molar-refractivity contribution in [3.8, 4) is 0 Å². The summed E-state index contributed by atoms with van der Waals surface area (Å²) in [4.78, 5) is 23.4. The van der Waals surface area contributed by atoms with E-state index in [0.717, 1.165) is 65.0 Å². The number of carbonyl (C=O) groups is 2. The second kappa shape index (κ2) is 15.2. The van der Waals surface area contributed by atoms with Gasteiger partial charge in [0.15, 0.2) is 0 Å². The molecule has 0 aliphatic rings. The van der Waals surface area contributed by atoms with Crippen LogP contribution in [0.4, 0.5) is 0 Å². The minimum Gasteiger partial charge on any atom is -0.460 e. The molecule has 0 saturated heterocycles. The van der Waals surface area contributed by atoms with Gasteiger partial charge in [-0.05, 0) is 91.0 Å². The molecular formula is C42H40O8. The van der Waals surface area contributed by atoms with Crippen LogP contribution in [0.15, 0.2) is 109 Å². The maximum absolute atomic E-state index is 11.7. The van der Waals surface area contributed by atoms with E-state index in [1.807, 2.05) is 24.3 Å². The zero-order valence-corrected chi connectivity index (χ0v) is 28.2. The number of fused-ring (bicyclic) bond motifs is 11. The van der Waals surface area contributed by atoms with Gasteiger partial charge in [0.2, 0.25) is 0 Å². The lowest BCUT2D eigenvalue weighted by Crippen LogP contribution is -2.23. The van der Waals surface area contributed by atoms with Crippen LogP contribution in [0, 0.1) is 0 Å². The van der Waals surface area contributed by atoms with E-state index in [2.05, 4.69) is 73.8 Å². The molecule has 0 aromatic heterocycles. The molecular weight excluding hydrogens is 632 g/mol. The van der Waals surface area contributed by atoms with Gasteiger partial charge < -0.3 is 29.2 Å². The third kappa shape index (κ3) is 7.39. The molecule has 50 heavy (non-hydrogen) atoms. The summed E-state index contributed by atoms with van der Waals surface area (Å²) in [6, 6.07) is 29.5. The number of hydrogen-bond acceptors (Lipinski definition) is 8. The van der Waals surface area contributed by atoms with E-state index in [1.165, 1.54) is 0 Å². The number of aliphatic hydroxyl groups excluding tert-OH is 2. The van der Waals surface area contributed by atoms with Gasteiger partial charge in [0.05, 0.1) is 26.4 Å². The Morgan fingerprint density at radius 2 is 0.900 bits per heavy atom. The van der Waals surface area contributed by atoms with Crippen molar-refractivity contribution < 1.29 is 38.7 Å². The lowest BCUT2D eigenvalue weighted by atomic mass is 9.86. The van der Waals surface area contributed by atoms with Crippen LogP contribution in [-0.4, -0.2) is 60.8 Å². The standard InChI is InChI=1S/C42H40O8/c1-25(2)41(45)49-23-29(43)21-47-19-27-13-15-33-31-9-5-8-12-36(31)40-38-18-28(20-48-22-30(44)24-50-42(46)26(3)4)14-16-34(38)32-10-6-7-11-35(32)39(40)37(33)17-27/h5-18,29-30,43-44H,1,3,19-24H2,2,4H3. The maximum atomic E-state index is 11.7. The van der Waals surface area contributed by atoms with Crippen molar-refractivity contribution in [2.24, 2.45) is 0 Å². The van der Waals surface area contributed by atoms with Crippen molar-refractivity contribution in [1.82, 2.24) is 0 Å². The lowest BCUT2D eigenvalue weighted by Gasteiger charge is -2.18. The molecule has 0 saturated carbocycles. The number of ether oxygens (including phenoxy) is 4. The Hall–Kier alpha value is -5.12. The fourth-order valence-electron chi connectivity index (χ4n) is 6.26. The molecule has 8 heteroatoms. The van der Waals surface area contributed by atoms with Gasteiger partial charge in [-0.25, -0.2) is 9.59 Å². The summed E-state index contributed by atoms with van der Waals surface area (Å²) in [7, 11) is 0. The van der Waals surface area contributed by atoms with Crippen molar-refractivity contribution in [3.63, 3.8) is 0 Å². The number of benzene rings is 6. The Bertz CT molecular complexity index is 2110. The summed E-state index contributed by atoms with van der Waals surface area (Å²) >= 11 is 0. The van der Waals surface area contributed by atoms with Gasteiger partial charge >= 0.3 is 11.9 Å². The zero-order valence-electron chi connectivity index (χ0n) is 28.2. The van der Waals surface area contributed by atoms with Gasteiger partial charge in [-0.15, -0.1) is 0 Å². The normalized spacial score (nSPS) is 12.8. The Balaban J connectivity index is 1.36. The topological polar surface area (TPSA) is 112 Å². The van der Waals surface area contributed by atoms with E-state index >= 15 is 0 Å². The molecule has 0 bridgehead atoms. The van der Waals surface area contributed by atoms with E-state index in [-0.39, 0.29) is 50.8 Å². The number of hydrogen-bond donors (Lipinski definition) is 2. The van der Waals surface area contributed by atoms with Gasteiger partial charge in [-0.1, -0.05) is 86.0 Å². The first kappa shape index (κ1) is 34.7. The van der Waals surface area contributed by atoms with Gasteiger partial charge in [-0.3, -0.25) is 0 Å². The van der Waals surface area contributed by atoms with Crippen molar-refractivity contribution in [2.75, 3.05) is 26.4 Å². The number of aliphatic hydroxyl groups is 2. The molecule has 0 spiro atoms. The molecule has 2 N–H and O–H groups in total. The van der Waals surface area contributed by atoms with Crippen molar-refractivity contribution in [3.05, 3.63) is 120 Å². The predicted molar refractivity (Wildman–Crippen MR) is 197 cm³/mol. The second-order valence-corrected chi connectivity index (χ2v) is 12.7. The molecule has 8 nitrogen and oxygen atoms in total. The average molecular weight is 673 g/mol. The minimum absolute atomic E-state index is 0.00899. The lowest BCUT2D eigenvalue weighted by molar-refractivity contribution is -0.143. The van der Waals surface area contributed by atoms with Gasteiger partial charge in [0.25, 0.3) is 0 Å². The zero-order chi connectivity index (χ0) is 35.4. The summed E-state index contributed by atoms with van der Waals surface area (Å²) in [6.45, 7) is 10.4. The molecule has 256 valence electrons. The Kier molecular flexibility index (Phi) is 10.6. The molecule has 2 atom stereocenters. The molecule has 0 aliphatic carbocycles. The van der Waals surface area contributed by atoms with E-state index in [1.54, 1.807) is 13.8 Å². The smallest absolute Gasteiger partial charge is 0.333 e. The molecule has 6 aromatic rings. The van der Waals surface area contributed by atoms with Crippen LogP contribution in [0.25, 0.3) is 53.9 Å². The predicted octanol–water partition coefficient (Wildman–Crippen LogP) is 7.45. The second-order valence-electron chi connectivity index (χ2n) is 12.7. The highest BCUT2D eigenvalue weighted by atomic mass is 16.6. The summed E-state index contributed by atoms with van der Waals surface area (Å²) < 4.78 is 21.8. The fourth-order valence-corrected chi connectivity index (χ4v) is 6.26. The van der Waals surface area contributed by atoms with Crippen LogP contribution in [0.5, 0.6) is 0 Å². The Morgan fingerprint density at radius 1 is 0.540 bits per heavy atom. The largest absolute Gasteiger partial charge is 0.460 e. The van der Waals surface area contributed by atoms with Gasteiger partial charge in [-0.2, -0.15) is 0 Å². The average Bonchev–Trinajstić information content (AvgIpc) is 3.12. The van der Waals surface area contributed by atoms with Crippen LogP contribution in [0.3, 0.4) is 0 Å². The summed E-state index contributed by atoms with van der Waals surface area (Å²) in [6.07, 6.45) is -1.92. The highest BCUT2D eigenvalue weighted by molar-refractivity contribution is 6.39. The van der Waals surface area contributed by atoms with E-state index in [4.69, 9.17) is 18.9 Å². The quantitative estimate of drug-likeness (QED) is 0.0698. The summed E-state index contributed by atoms with van der Waals surface area (Å²) in [5.41, 5.74) is 2.43. The molecule has 2 unspecified atom stereocenters.